The molecule has 0 saturated heterocycles. The number of carbonyl (C=O) groups excluding carboxylic acids is 1. The minimum atomic E-state index is -0.00271. The average molecular weight is 204 g/mol. The standard InChI is InChI=1S/C12H16N2O/c1-8-7-13-11-6-4-3-5-10(11)12(8)14-9(2)15/h7H,3-6H2,1-2H3,(H,13,14,15). The molecule has 2 rings (SSSR count). The maximum atomic E-state index is 11.1. The van der Waals surface area contributed by atoms with Crippen molar-refractivity contribution in [3.05, 3.63) is 23.0 Å². The predicted molar refractivity (Wildman–Crippen MR) is 59.9 cm³/mol. The van der Waals surface area contributed by atoms with Crippen molar-refractivity contribution in [2.24, 2.45) is 0 Å². The first-order chi connectivity index (χ1) is 7.18. The lowest BCUT2D eigenvalue weighted by Gasteiger charge is -2.20. The number of hydrogen-bond donors (Lipinski definition) is 1. The summed E-state index contributed by atoms with van der Waals surface area (Å²) >= 11 is 0. The maximum Gasteiger partial charge on any atom is 0.221 e. The Labute approximate surface area is 89.9 Å². The van der Waals surface area contributed by atoms with Gasteiger partial charge < -0.3 is 5.32 Å². The molecule has 1 N–H and O–H groups in total. The Bertz CT molecular complexity index is 399. The molecule has 1 heterocycles. The highest BCUT2D eigenvalue weighted by molar-refractivity contribution is 5.90. The van der Waals surface area contributed by atoms with E-state index in [4.69, 9.17) is 0 Å². The second-order valence-corrected chi connectivity index (χ2v) is 4.13. The van der Waals surface area contributed by atoms with Gasteiger partial charge in [0.05, 0.1) is 5.69 Å². The summed E-state index contributed by atoms with van der Waals surface area (Å²) in [7, 11) is 0. The lowest BCUT2D eigenvalue weighted by molar-refractivity contribution is -0.114. The summed E-state index contributed by atoms with van der Waals surface area (Å²) in [5, 5.41) is 2.92. The molecular formula is C12H16N2O. The molecule has 0 fully saturated rings. The van der Waals surface area contributed by atoms with Crippen molar-refractivity contribution >= 4 is 11.6 Å². The summed E-state index contributed by atoms with van der Waals surface area (Å²) in [5.74, 6) is -0.00271. The van der Waals surface area contributed by atoms with Crippen LogP contribution < -0.4 is 5.32 Å². The molecule has 15 heavy (non-hydrogen) atoms. The second kappa shape index (κ2) is 4.01. The van der Waals surface area contributed by atoms with Crippen LogP contribution >= 0.6 is 0 Å². The van der Waals surface area contributed by atoms with Gasteiger partial charge in [-0.05, 0) is 43.7 Å². The fraction of sp³-hybridized carbons (Fsp3) is 0.500. The number of rotatable bonds is 1. The Hall–Kier alpha value is -1.38. The van der Waals surface area contributed by atoms with Gasteiger partial charge in [0.15, 0.2) is 0 Å². The maximum absolute atomic E-state index is 11.1. The number of nitrogens with zero attached hydrogens (tertiary/aromatic N) is 1. The van der Waals surface area contributed by atoms with Gasteiger partial charge in [0.2, 0.25) is 5.91 Å². The van der Waals surface area contributed by atoms with E-state index in [-0.39, 0.29) is 5.91 Å². The van der Waals surface area contributed by atoms with Gasteiger partial charge in [0, 0.05) is 18.8 Å². The second-order valence-electron chi connectivity index (χ2n) is 4.13. The zero-order chi connectivity index (χ0) is 10.8. The smallest absolute Gasteiger partial charge is 0.221 e. The van der Waals surface area contributed by atoms with Crippen LogP contribution in [0.2, 0.25) is 0 Å². The van der Waals surface area contributed by atoms with Crippen molar-refractivity contribution in [3.63, 3.8) is 0 Å². The first-order valence-electron chi connectivity index (χ1n) is 5.43. The topological polar surface area (TPSA) is 42.0 Å². The molecular weight excluding hydrogens is 188 g/mol. The quantitative estimate of drug-likeness (QED) is 0.762. The Morgan fingerprint density at radius 3 is 2.87 bits per heavy atom. The van der Waals surface area contributed by atoms with E-state index in [1.807, 2.05) is 13.1 Å². The number of fused-ring (bicyclic) bond motifs is 1. The molecule has 1 amide bonds. The van der Waals surface area contributed by atoms with Crippen molar-refractivity contribution in [1.29, 1.82) is 0 Å². The minimum absolute atomic E-state index is 0.00271. The third kappa shape index (κ3) is 2.01. The normalized spacial score (nSPS) is 14.5. The number of anilines is 1. The van der Waals surface area contributed by atoms with E-state index in [9.17, 15) is 4.79 Å². The van der Waals surface area contributed by atoms with Crippen LogP contribution in [-0.2, 0) is 17.6 Å². The minimum Gasteiger partial charge on any atom is -0.326 e. The van der Waals surface area contributed by atoms with Gasteiger partial charge in [-0.25, -0.2) is 0 Å². The van der Waals surface area contributed by atoms with E-state index in [1.54, 1.807) is 6.92 Å². The summed E-state index contributed by atoms with van der Waals surface area (Å²) < 4.78 is 0. The van der Waals surface area contributed by atoms with Gasteiger partial charge in [0.1, 0.15) is 0 Å². The molecule has 1 aliphatic carbocycles. The molecule has 3 nitrogen and oxygen atoms in total. The number of carbonyl (C=O) groups is 1. The Morgan fingerprint density at radius 2 is 2.13 bits per heavy atom. The van der Waals surface area contributed by atoms with Crippen LogP contribution in [0, 0.1) is 6.92 Å². The largest absolute Gasteiger partial charge is 0.326 e. The van der Waals surface area contributed by atoms with Crippen LogP contribution in [0.3, 0.4) is 0 Å². The first kappa shape index (κ1) is 10.1. The zero-order valence-electron chi connectivity index (χ0n) is 9.26. The third-order valence-electron chi connectivity index (χ3n) is 2.85. The molecule has 0 saturated carbocycles. The number of pyridine rings is 1. The zero-order valence-corrected chi connectivity index (χ0v) is 9.26. The molecule has 0 aromatic carbocycles. The van der Waals surface area contributed by atoms with Gasteiger partial charge in [-0.2, -0.15) is 0 Å². The molecule has 0 aliphatic heterocycles. The van der Waals surface area contributed by atoms with E-state index < -0.39 is 0 Å². The van der Waals surface area contributed by atoms with E-state index in [1.165, 1.54) is 18.4 Å². The van der Waals surface area contributed by atoms with Crippen LogP contribution in [0.25, 0.3) is 0 Å². The molecule has 1 aromatic rings. The predicted octanol–water partition coefficient (Wildman–Crippen LogP) is 2.23. The SMILES string of the molecule is CC(=O)Nc1c(C)cnc2c1CCCC2. The van der Waals surface area contributed by atoms with E-state index in [2.05, 4.69) is 10.3 Å². The van der Waals surface area contributed by atoms with Gasteiger partial charge in [-0.1, -0.05) is 0 Å². The molecule has 0 unspecified atom stereocenters. The molecule has 0 bridgehead atoms. The van der Waals surface area contributed by atoms with Gasteiger partial charge in [-0.15, -0.1) is 0 Å². The fourth-order valence-electron chi connectivity index (χ4n) is 2.13. The van der Waals surface area contributed by atoms with Gasteiger partial charge >= 0.3 is 0 Å². The van der Waals surface area contributed by atoms with Crippen molar-refractivity contribution < 1.29 is 4.79 Å². The van der Waals surface area contributed by atoms with Gasteiger partial charge in [-0.3, -0.25) is 9.78 Å². The number of hydrogen-bond acceptors (Lipinski definition) is 2. The lowest BCUT2D eigenvalue weighted by Crippen LogP contribution is -2.14. The number of aryl methyl sites for hydroxylation is 2. The average Bonchev–Trinajstić information content (AvgIpc) is 2.22. The molecule has 0 spiro atoms. The summed E-state index contributed by atoms with van der Waals surface area (Å²) in [5.41, 5.74) is 4.46. The number of nitrogens with one attached hydrogen (secondary N) is 1. The van der Waals surface area contributed by atoms with Crippen LogP contribution in [0.15, 0.2) is 6.20 Å². The Morgan fingerprint density at radius 1 is 1.40 bits per heavy atom. The molecule has 3 heteroatoms. The highest BCUT2D eigenvalue weighted by Gasteiger charge is 2.16. The molecule has 1 aromatic heterocycles. The molecule has 0 radical (unpaired) electrons. The number of amides is 1. The summed E-state index contributed by atoms with van der Waals surface area (Å²) in [6, 6.07) is 0. The molecule has 0 atom stereocenters. The van der Waals surface area contributed by atoms with E-state index >= 15 is 0 Å². The lowest BCUT2D eigenvalue weighted by atomic mass is 9.93. The van der Waals surface area contributed by atoms with E-state index in [0.717, 1.165) is 29.8 Å². The fourth-order valence-corrected chi connectivity index (χ4v) is 2.13. The third-order valence-corrected chi connectivity index (χ3v) is 2.85. The Kier molecular flexibility index (Phi) is 2.71. The number of aromatic nitrogens is 1. The highest BCUT2D eigenvalue weighted by atomic mass is 16.1. The van der Waals surface area contributed by atoms with Crippen molar-refractivity contribution in [3.8, 4) is 0 Å². The van der Waals surface area contributed by atoms with Crippen molar-refractivity contribution in [1.82, 2.24) is 4.98 Å². The van der Waals surface area contributed by atoms with Crippen LogP contribution in [0.4, 0.5) is 5.69 Å². The summed E-state index contributed by atoms with van der Waals surface area (Å²) in [6.45, 7) is 3.54. The van der Waals surface area contributed by atoms with Crippen molar-refractivity contribution in [2.75, 3.05) is 5.32 Å². The molecule has 1 aliphatic rings. The summed E-state index contributed by atoms with van der Waals surface area (Å²) in [4.78, 5) is 15.6. The van der Waals surface area contributed by atoms with E-state index in [0.29, 0.717) is 0 Å². The van der Waals surface area contributed by atoms with Crippen LogP contribution in [-0.4, -0.2) is 10.9 Å². The first-order valence-corrected chi connectivity index (χ1v) is 5.43. The summed E-state index contributed by atoms with van der Waals surface area (Å²) in [6.07, 6.45) is 6.35. The van der Waals surface area contributed by atoms with Crippen LogP contribution in [0.1, 0.15) is 36.6 Å². The molecule has 80 valence electrons. The van der Waals surface area contributed by atoms with Gasteiger partial charge in [0.25, 0.3) is 0 Å². The monoisotopic (exact) mass is 204 g/mol. The highest BCUT2D eigenvalue weighted by Crippen LogP contribution is 2.28. The van der Waals surface area contributed by atoms with Crippen LogP contribution in [0.5, 0.6) is 0 Å². The van der Waals surface area contributed by atoms with Crippen molar-refractivity contribution in [2.45, 2.75) is 39.5 Å². The Balaban J connectivity index is 2.45.